The fraction of sp³-hybridized carbons (Fsp3) is 0.350. The van der Waals surface area contributed by atoms with Gasteiger partial charge in [-0.15, -0.1) is 0 Å². The lowest BCUT2D eigenvalue weighted by molar-refractivity contribution is 0.0729. The quantitative estimate of drug-likeness (QED) is 0.545. The Kier molecular flexibility index (Phi) is 7.59. The number of carbonyl (C=O) groups is 1. The second-order valence-corrected chi connectivity index (χ2v) is 10.4. The third-order valence-corrected chi connectivity index (χ3v) is 7.66. The normalized spacial score (nSPS) is 15.1. The lowest BCUT2D eigenvalue weighted by Crippen LogP contribution is -2.40. The van der Waals surface area contributed by atoms with E-state index in [1.165, 1.54) is 41.7 Å². The number of hydrogen-bond acceptors (Lipinski definition) is 8. The van der Waals surface area contributed by atoms with Crippen LogP contribution in [0.15, 0.2) is 46.2 Å². The van der Waals surface area contributed by atoms with Crippen molar-refractivity contribution >= 4 is 31.6 Å². The monoisotopic (exact) mass is 499 g/mol. The van der Waals surface area contributed by atoms with Crippen LogP contribution in [-0.4, -0.2) is 67.1 Å². The van der Waals surface area contributed by atoms with Crippen LogP contribution in [0.25, 0.3) is 0 Å². The van der Waals surface area contributed by atoms with Crippen LogP contribution < -0.4 is 19.9 Å². The second kappa shape index (κ2) is 10.1. The molecule has 3 rings (SSSR count). The van der Waals surface area contributed by atoms with Gasteiger partial charge in [0, 0.05) is 18.8 Å². The standard InChI is InChI=1S/C20H25N3O8S2/c1-3-31-18-6-4-14(12-19(18)33(27,28)23-8-10-30-11-9-23)22-20(24)16-13-15(32(21,25)26)5-7-17(16)29-2/h4-7,12-13H,3,8-11H2,1-2H3,(H,22,24)(H2,21,25,26). The van der Waals surface area contributed by atoms with Crippen molar-refractivity contribution in [1.82, 2.24) is 4.31 Å². The summed E-state index contributed by atoms with van der Waals surface area (Å²) in [6, 6.07) is 7.84. The largest absolute Gasteiger partial charge is 0.496 e. The van der Waals surface area contributed by atoms with E-state index in [0.29, 0.717) is 0 Å². The van der Waals surface area contributed by atoms with Gasteiger partial charge in [0.1, 0.15) is 16.4 Å². The smallest absolute Gasteiger partial charge is 0.259 e. The molecule has 0 saturated carbocycles. The van der Waals surface area contributed by atoms with E-state index in [2.05, 4.69) is 5.32 Å². The number of amides is 1. The Labute approximate surface area is 192 Å². The minimum atomic E-state index is -4.05. The Morgan fingerprint density at radius 1 is 1.09 bits per heavy atom. The van der Waals surface area contributed by atoms with Gasteiger partial charge in [0.15, 0.2) is 0 Å². The molecule has 0 aliphatic carbocycles. The van der Waals surface area contributed by atoms with Crippen LogP contribution in [0.1, 0.15) is 17.3 Å². The van der Waals surface area contributed by atoms with E-state index in [1.807, 2.05) is 0 Å². The summed E-state index contributed by atoms with van der Waals surface area (Å²) >= 11 is 0. The number of nitrogens with two attached hydrogens (primary N) is 1. The van der Waals surface area contributed by atoms with Crippen molar-refractivity contribution in [3.8, 4) is 11.5 Å². The Morgan fingerprint density at radius 2 is 1.76 bits per heavy atom. The third-order valence-electron chi connectivity index (χ3n) is 4.83. The third kappa shape index (κ3) is 5.62. The fourth-order valence-electron chi connectivity index (χ4n) is 3.23. The molecule has 0 unspecified atom stereocenters. The molecular formula is C20H25N3O8S2. The molecule has 2 aromatic rings. The van der Waals surface area contributed by atoms with Crippen molar-refractivity contribution in [3.05, 3.63) is 42.0 Å². The molecule has 0 aromatic heterocycles. The first-order valence-electron chi connectivity index (χ1n) is 9.95. The molecule has 1 fully saturated rings. The van der Waals surface area contributed by atoms with Crippen LogP contribution in [0.3, 0.4) is 0 Å². The van der Waals surface area contributed by atoms with Crippen LogP contribution >= 0.6 is 0 Å². The Hall–Kier alpha value is -2.71. The summed E-state index contributed by atoms with van der Waals surface area (Å²) < 4.78 is 67.0. The summed E-state index contributed by atoms with van der Waals surface area (Å²) in [5, 5.41) is 7.74. The number of rotatable bonds is 8. The van der Waals surface area contributed by atoms with Crippen LogP contribution in [-0.2, 0) is 24.8 Å². The van der Waals surface area contributed by atoms with Crippen molar-refractivity contribution in [2.24, 2.45) is 5.14 Å². The fourth-order valence-corrected chi connectivity index (χ4v) is 5.33. The Balaban J connectivity index is 1.98. The number of nitrogens with zero attached hydrogens (tertiary/aromatic N) is 1. The van der Waals surface area contributed by atoms with Crippen LogP contribution in [0.5, 0.6) is 11.5 Å². The predicted octanol–water partition coefficient (Wildman–Crippen LogP) is 1.01. The van der Waals surface area contributed by atoms with E-state index in [9.17, 15) is 21.6 Å². The van der Waals surface area contributed by atoms with E-state index < -0.39 is 26.0 Å². The molecular weight excluding hydrogens is 474 g/mol. The molecule has 1 heterocycles. The molecule has 0 spiro atoms. The molecule has 0 bridgehead atoms. The van der Waals surface area contributed by atoms with Crippen molar-refractivity contribution in [2.75, 3.05) is 45.3 Å². The zero-order valence-electron chi connectivity index (χ0n) is 18.1. The first-order valence-corrected chi connectivity index (χ1v) is 12.9. The summed E-state index contributed by atoms with van der Waals surface area (Å²) in [6.45, 7) is 2.92. The van der Waals surface area contributed by atoms with Crippen molar-refractivity contribution in [1.29, 1.82) is 0 Å². The van der Waals surface area contributed by atoms with Gasteiger partial charge in [-0.2, -0.15) is 4.31 Å². The first kappa shape index (κ1) is 24.9. The van der Waals surface area contributed by atoms with Gasteiger partial charge in [-0.3, -0.25) is 4.79 Å². The van der Waals surface area contributed by atoms with Crippen LogP contribution in [0.4, 0.5) is 5.69 Å². The molecule has 1 aliphatic rings. The van der Waals surface area contributed by atoms with E-state index >= 15 is 0 Å². The van der Waals surface area contributed by atoms with Gasteiger partial charge in [0.2, 0.25) is 20.0 Å². The number of benzene rings is 2. The molecule has 180 valence electrons. The average molecular weight is 500 g/mol. The molecule has 0 atom stereocenters. The molecule has 11 nitrogen and oxygen atoms in total. The van der Waals surface area contributed by atoms with Gasteiger partial charge >= 0.3 is 0 Å². The molecule has 3 N–H and O–H groups in total. The maximum absolute atomic E-state index is 13.2. The number of primary sulfonamides is 1. The zero-order valence-corrected chi connectivity index (χ0v) is 19.7. The highest BCUT2D eigenvalue weighted by molar-refractivity contribution is 7.89. The van der Waals surface area contributed by atoms with E-state index in [0.717, 1.165) is 6.07 Å². The molecule has 1 aliphatic heterocycles. The Bertz CT molecular complexity index is 1240. The number of sulfonamides is 2. The van der Waals surface area contributed by atoms with Crippen LogP contribution in [0.2, 0.25) is 0 Å². The maximum Gasteiger partial charge on any atom is 0.259 e. The molecule has 0 radical (unpaired) electrons. The predicted molar refractivity (Wildman–Crippen MR) is 120 cm³/mol. The zero-order chi connectivity index (χ0) is 24.2. The van der Waals surface area contributed by atoms with E-state index in [4.69, 9.17) is 19.3 Å². The van der Waals surface area contributed by atoms with Gasteiger partial charge in [-0.05, 0) is 43.3 Å². The number of nitrogens with one attached hydrogen (secondary N) is 1. The molecule has 13 heteroatoms. The molecule has 1 saturated heterocycles. The number of carbonyl (C=O) groups excluding carboxylic acids is 1. The van der Waals surface area contributed by atoms with Gasteiger partial charge in [0.05, 0.1) is 37.4 Å². The number of ether oxygens (including phenoxy) is 3. The first-order chi connectivity index (χ1) is 15.6. The number of anilines is 1. The SMILES string of the molecule is CCOc1ccc(NC(=O)c2cc(S(N)(=O)=O)ccc2OC)cc1S(=O)(=O)N1CCOCC1. The maximum atomic E-state index is 13.2. The van der Waals surface area contributed by atoms with Crippen molar-refractivity contribution < 1.29 is 35.8 Å². The highest BCUT2D eigenvalue weighted by atomic mass is 32.2. The summed E-state index contributed by atoms with van der Waals surface area (Å²) in [4.78, 5) is 12.5. The highest BCUT2D eigenvalue weighted by Crippen LogP contribution is 2.31. The minimum Gasteiger partial charge on any atom is -0.496 e. The highest BCUT2D eigenvalue weighted by Gasteiger charge is 2.30. The Morgan fingerprint density at radius 3 is 2.36 bits per heavy atom. The minimum absolute atomic E-state index is 0.0875. The second-order valence-electron chi connectivity index (χ2n) is 6.97. The summed E-state index contributed by atoms with van der Waals surface area (Å²) in [5.41, 5.74) is 0.0776. The van der Waals surface area contributed by atoms with Crippen LogP contribution in [0, 0.1) is 0 Å². The van der Waals surface area contributed by atoms with E-state index in [-0.39, 0.29) is 65.5 Å². The topological polar surface area (TPSA) is 154 Å². The lowest BCUT2D eigenvalue weighted by Gasteiger charge is -2.27. The molecule has 1 amide bonds. The average Bonchev–Trinajstić information content (AvgIpc) is 2.79. The number of methoxy groups -OCH3 is 1. The molecule has 2 aromatic carbocycles. The van der Waals surface area contributed by atoms with Gasteiger partial charge in [-0.25, -0.2) is 22.0 Å². The summed E-state index contributed by atoms with van der Waals surface area (Å²) in [7, 11) is -6.65. The van der Waals surface area contributed by atoms with Gasteiger partial charge < -0.3 is 19.5 Å². The number of hydrogen-bond donors (Lipinski definition) is 2. The molecule has 33 heavy (non-hydrogen) atoms. The summed E-state index contributed by atoms with van der Waals surface area (Å²) in [6.07, 6.45) is 0. The van der Waals surface area contributed by atoms with Gasteiger partial charge in [0.25, 0.3) is 5.91 Å². The number of morpholine rings is 1. The lowest BCUT2D eigenvalue weighted by atomic mass is 10.2. The van der Waals surface area contributed by atoms with Gasteiger partial charge in [-0.1, -0.05) is 0 Å². The van der Waals surface area contributed by atoms with Crippen molar-refractivity contribution in [2.45, 2.75) is 16.7 Å². The summed E-state index contributed by atoms with van der Waals surface area (Å²) in [5.74, 6) is -0.445. The van der Waals surface area contributed by atoms with Crippen molar-refractivity contribution in [3.63, 3.8) is 0 Å². The van der Waals surface area contributed by atoms with E-state index in [1.54, 1.807) is 6.92 Å².